The van der Waals surface area contributed by atoms with Crippen LogP contribution in [0.2, 0.25) is 0 Å². The van der Waals surface area contributed by atoms with E-state index in [1.807, 2.05) is 18.2 Å². The molecule has 1 aliphatic rings. The monoisotopic (exact) mass is 326 g/mol. The van der Waals surface area contributed by atoms with Crippen molar-refractivity contribution in [3.05, 3.63) is 28.2 Å². The second kappa shape index (κ2) is 6.06. The van der Waals surface area contributed by atoms with E-state index >= 15 is 0 Å². The maximum absolute atomic E-state index is 12.6. The second-order valence-electron chi connectivity index (χ2n) is 4.96. The fraction of sp³-hybridized carbons (Fsp3) is 0.533. The van der Waals surface area contributed by atoms with Crippen molar-refractivity contribution in [1.29, 1.82) is 0 Å². The van der Waals surface area contributed by atoms with Crippen LogP contribution in [0.4, 0.5) is 0 Å². The molecule has 0 unspecified atom stereocenters. The largest absolute Gasteiger partial charge is 0.496 e. The minimum atomic E-state index is -0.576. The Morgan fingerprint density at radius 2 is 2.00 bits per heavy atom. The lowest BCUT2D eigenvalue weighted by Crippen LogP contribution is -2.38. The van der Waals surface area contributed by atoms with Gasteiger partial charge in [-0.2, -0.15) is 0 Å². The molecule has 1 aliphatic carbocycles. The highest BCUT2D eigenvalue weighted by molar-refractivity contribution is 9.10. The summed E-state index contributed by atoms with van der Waals surface area (Å²) in [4.78, 5) is 12.6. The van der Waals surface area contributed by atoms with Crippen molar-refractivity contribution in [1.82, 2.24) is 0 Å². The van der Waals surface area contributed by atoms with Crippen molar-refractivity contribution in [2.75, 3.05) is 14.2 Å². The Morgan fingerprint density at radius 3 is 2.58 bits per heavy atom. The molecule has 0 atom stereocenters. The third kappa shape index (κ3) is 3.00. The van der Waals surface area contributed by atoms with E-state index in [1.165, 1.54) is 0 Å². The average molecular weight is 327 g/mol. The smallest absolute Gasteiger partial charge is 0.169 e. The van der Waals surface area contributed by atoms with Crippen LogP contribution in [0.5, 0.6) is 5.75 Å². The van der Waals surface area contributed by atoms with Gasteiger partial charge in [-0.1, -0.05) is 15.9 Å². The van der Waals surface area contributed by atoms with Crippen LogP contribution < -0.4 is 4.74 Å². The van der Waals surface area contributed by atoms with Crippen molar-refractivity contribution in [2.45, 2.75) is 37.7 Å². The standard InChI is InChI=1S/C15H19BrO3/c1-18-13-6-5-12(16)9-11(13)10-14(17)15(19-2)7-3-4-8-15/h5-6,9H,3-4,7-8,10H2,1-2H3. The number of Topliss-reactive ketones (excluding diaryl/α,β-unsaturated/α-hetero) is 1. The molecule has 3 nitrogen and oxygen atoms in total. The molecule has 0 spiro atoms. The number of rotatable bonds is 5. The predicted octanol–water partition coefficient (Wildman–Crippen LogP) is 3.53. The van der Waals surface area contributed by atoms with E-state index in [2.05, 4.69) is 15.9 Å². The summed E-state index contributed by atoms with van der Waals surface area (Å²) < 4.78 is 11.8. The van der Waals surface area contributed by atoms with E-state index in [-0.39, 0.29) is 5.78 Å². The number of ketones is 1. The molecule has 104 valence electrons. The van der Waals surface area contributed by atoms with Crippen LogP contribution in [-0.2, 0) is 16.0 Å². The summed E-state index contributed by atoms with van der Waals surface area (Å²) in [6.07, 6.45) is 4.15. The maximum atomic E-state index is 12.6. The lowest BCUT2D eigenvalue weighted by molar-refractivity contribution is -0.139. The zero-order valence-electron chi connectivity index (χ0n) is 11.4. The highest BCUT2D eigenvalue weighted by atomic mass is 79.9. The van der Waals surface area contributed by atoms with Gasteiger partial charge in [0.15, 0.2) is 5.78 Å². The van der Waals surface area contributed by atoms with Crippen LogP contribution in [0.1, 0.15) is 31.2 Å². The fourth-order valence-electron chi connectivity index (χ4n) is 2.76. The van der Waals surface area contributed by atoms with Crippen LogP contribution >= 0.6 is 15.9 Å². The Kier molecular flexibility index (Phi) is 4.63. The Labute approximate surface area is 122 Å². The zero-order chi connectivity index (χ0) is 13.9. The van der Waals surface area contributed by atoms with Crippen molar-refractivity contribution in [3.8, 4) is 5.75 Å². The Hall–Kier alpha value is -0.870. The molecule has 19 heavy (non-hydrogen) atoms. The van der Waals surface area contributed by atoms with Crippen LogP contribution in [0.3, 0.4) is 0 Å². The number of hydrogen-bond donors (Lipinski definition) is 0. The number of carbonyl (C=O) groups is 1. The summed E-state index contributed by atoms with van der Waals surface area (Å²) in [5.74, 6) is 0.907. The minimum Gasteiger partial charge on any atom is -0.496 e. The van der Waals surface area contributed by atoms with Crippen LogP contribution in [0, 0.1) is 0 Å². The number of methoxy groups -OCH3 is 2. The van der Waals surface area contributed by atoms with Gasteiger partial charge in [0.1, 0.15) is 11.4 Å². The SMILES string of the molecule is COc1ccc(Br)cc1CC(=O)C1(OC)CCCC1. The molecule has 1 fully saturated rings. The third-order valence-corrected chi connectivity index (χ3v) is 4.40. The van der Waals surface area contributed by atoms with Gasteiger partial charge in [0.05, 0.1) is 7.11 Å². The molecular formula is C15H19BrO3. The quantitative estimate of drug-likeness (QED) is 0.830. The van der Waals surface area contributed by atoms with Crippen molar-refractivity contribution in [3.63, 3.8) is 0 Å². The Balaban J connectivity index is 2.20. The fourth-order valence-corrected chi connectivity index (χ4v) is 3.17. The number of benzene rings is 1. The van der Waals surface area contributed by atoms with Gasteiger partial charge in [0.25, 0.3) is 0 Å². The molecule has 1 aromatic rings. The van der Waals surface area contributed by atoms with Crippen molar-refractivity contribution in [2.24, 2.45) is 0 Å². The molecule has 0 saturated heterocycles. The highest BCUT2D eigenvalue weighted by Crippen LogP contribution is 2.35. The van der Waals surface area contributed by atoms with E-state index in [4.69, 9.17) is 9.47 Å². The molecule has 0 amide bonds. The molecule has 0 aliphatic heterocycles. The first kappa shape index (κ1) is 14.5. The van der Waals surface area contributed by atoms with Crippen molar-refractivity contribution < 1.29 is 14.3 Å². The molecule has 0 aromatic heterocycles. The number of ether oxygens (including phenoxy) is 2. The van der Waals surface area contributed by atoms with Gasteiger partial charge in [-0.05, 0) is 43.9 Å². The second-order valence-corrected chi connectivity index (χ2v) is 5.88. The molecule has 0 heterocycles. The molecule has 0 bridgehead atoms. The predicted molar refractivity (Wildman–Crippen MR) is 77.6 cm³/mol. The lowest BCUT2D eigenvalue weighted by atomic mass is 9.91. The summed E-state index contributed by atoms with van der Waals surface area (Å²) in [6.45, 7) is 0. The average Bonchev–Trinajstić information content (AvgIpc) is 2.89. The third-order valence-electron chi connectivity index (χ3n) is 3.90. The van der Waals surface area contributed by atoms with Gasteiger partial charge in [0.2, 0.25) is 0 Å². The first-order valence-corrected chi connectivity index (χ1v) is 7.31. The van der Waals surface area contributed by atoms with Gasteiger partial charge in [-0.15, -0.1) is 0 Å². The van der Waals surface area contributed by atoms with Crippen LogP contribution in [-0.4, -0.2) is 25.6 Å². The topological polar surface area (TPSA) is 35.5 Å². The molecular weight excluding hydrogens is 308 g/mol. The zero-order valence-corrected chi connectivity index (χ0v) is 13.0. The summed E-state index contributed by atoms with van der Waals surface area (Å²) in [5.41, 5.74) is 0.332. The van der Waals surface area contributed by atoms with Crippen LogP contribution in [0.25, 0.3) is 0 Å². The van der Waals surface area contributed by atoms with E-state index < -0.39 is 5.60 Å². The maximum Gasteiger partial charge on any atom is 0.169 e. The molecule has 1 saturated carbocycles. The molecule has 1 aromatic carbocycles. The summed E-state index contributed by atoms with van der Waals surface area (Å²) in [7, 11) is 3.26. The number of hydrogen-bond acceptors (Lipinski definition) is 3. The van der Waals surface area contributed by atoms with Crippen molar-refractivity contribution >= 4 is 21.7 Å². The van der Waals surface area contributed by atoms with Crippen LogP contribution in [0.15, 0.2) is 22.7 Å². The van der Waals surface area contributed by atoms with E-state index in [0.29, 0.717) is 6.42 Å². The normalized spacial score (nSPS) is 17.4. The summed E-state index contributed by atoms with van der Waals surface area (Å²) >= 11 is 3.43. The van der Waals surface area contributed by atoms with Gasteiger partial charge in [-0.3, -0.25) is 4.79 Å². The lowest BCUT2D eigenvalue weighted by Gasteiger charge is -2.26. The first-order chi connectivity index (χ1) is 9.11. The van der Waals surface area contributed by atoms with Gasteiger partial charge in [0, 0.05) is 23.6 Å². The number of carbonyl (C=O) groups excluding carboxylic acids is 1. The van der Waals surface area contributed by atoms with E-state index in [0.717, 1.165) is 41.5 Å². The summed E-state index contributed by atoms with van der Waals surface area (Å²) in [6, 6.07) is 5.73. The Bertz CT molecular complexity index is 464. The minimum absolute atomic E-state index is 0.156. The van der Waals surface area contributed by atoms with E-state index in [1.54, 1.807) is 14.2 Å². The summed E-state index contributed by atoms with van der Waals surface area (Å²) in [5, 5.41) is 0. The molecule has 0 radical (unpaired) electrons. The van der Waals surface area contributed by atoms with E-state index in [9.17, 15) is 4.79 Å². The van der Waals surface area contributed by atoms with Gasteiger partial charge in [-0.25, -0.2) is 0 Å². The van der Waals surface area contributed by atoms with Gasteiger partial charge >= 0.3 is 0 Å². The first-order valence-electron chi connectivity index (χ1n) is 6.52. The van der Waals surface area contributed by atoms with Gasteiger partial charge < -0.3 is 9.47 Å². The number of halogens is 1. The Morgan fingerprint density at radius 1 is 1.32 bits per heavy atom. The highest BCUT2D eigenvalue weighted by Gasteiger charge is 2.40. The molecule has 0 N–H and O–H groups in total. The molecule has 4 heteroatoms. The molecule has 2 rings (SSSR count).